The number of fused-ring (bicyclic) bond motifs is 1. The molecular weight excluding hydrogens is 236 g/mol. The Kier molecular flexibility index (Phi) is 2.40. The Bertz CT molecular complexity index is 566. The molecule has 5 heteroatoms. The van der Waals surface area contributed by atoms with E-state index in [9.17, 15) is 0 Å². The fourth-order valence-corrected chi connectivity index (χ4v) is 2.56. The minimum atomic E-state index is 0.307. The van der Waals surface area contributed by atoms with Crippen molar-refractivity contribution in [1.82, 2.24) is 4.98 Å². The van der Waals surface area contributed by atoms with E-state index in [2.05, 4.69) is 4.98 Å². The molecule has 0 atom stereocenters. The van der Waals surface area contributed by atoms with Gasteiger partial charge in [0.1, 0.15) is 0 Å². The average molecular weight is 248 g/mol. The molecule has 0 bridgehead atoms. The maximum absolute atomic E-state index is 5.69. The number of benzene rings is 1. The van der Waals surface area contributed by atoms with Crippen molar-refractivity contribution in [3.05, 3.63) is 34.3 Å². The zero-order valence-electron chi connectivity index (χ0n) is 9.40. The van der Waals surface area contributed by atoms with Gasteiger partial charge in [0.15, 0.2) is 16.6 Å². The molecule has 0 spiro atoms. The third-order valence-electron chi connectivity index (χ3n) is 2.72. The Morgan fingerprint density at radius 2 is 2.18 bits per heavy atom. The summed E-state index contributed by atoms with van der Waals surface area (Å²) in [6, 6.07) is 5.96. The van der Waals surface area contributed by atoms with E-state index < -0.39 is 0 Å². The van der Waals surface area contributed by atoms with E-state index in [-0.39, 0.29) is 0 Å². The molecule has 1 aliphatic rings. The lowest BCUT2D eigenvalue weighted by Crippen LogP contribution is -1.93. The molecule has 0 unspecified atom stereocenters. The standard InChI is InChI=1S/C12H12N2O2S/c1-7-9(14-12(13)17-7)4-8-2-3-10-11(5-8)16-6-15-10/h2-3,5H,4,6H2,1H3,(H2,13,14). The molecule has 1 aromatic carbocycles. The first kappa shape index (κ1) is 10.4. The number of aromatic nitrogens is 1. The molecule has 1 aromatic heterocycles. The molecule has 0 amide bonds. The second-order valence-corrected chi connectivity index (χ2v) is 5.15. The lowest BCUT2D eigenvalue weighted by atomic mass is 10.1. The number of ether oxygens (including phenoxy) is 2. The largest absolute Gasteiger partial charge is 0.454 e. The van der Waals surface area contributed by atoms with Crippen molar-refractivity contribution >= 4 is 16.5 Å². The molecule has 2 aromatic rings. The van der Waals surface area contributed by atoms with Crippen LogP contribution < -0.4 is 15.2 Å². The number of thiazole rings is 1. The number of nitrogens with zero attached hydrogens (tertiary/aromatic N) is 1. The van der Waals surface area contributed by atoms with Crippen LogP contribution in [0.2, 0.25) is 0 Å². The minimum Gasteiger partial charge on any atom is -0.454 e. The van der Waals surface area contributed by atoms with Gasteiger partial charge < -0.3 is 15.2 Å². The lowest BCUT2D eigenvalue weighted by Gasteiger charge is -2.01. The molecule has 0 saturated heterocycles. The zero-order valence-corrected chi connectivity index (χ0v) is 10.2. The third kappa shape index (κ3) is 1.93. The van der Waals surface area contributed by atoms with Crippen molar-refractivity contribution in [3.8, 4) is 11.5 Å². The summed E-state index contributed by atoms with van der Waals surface area (Å²) in [5.74, 6) is 1.62. The van der Waals surface area contributed by atoms with Crippen LogP contribution in [0, 0.1) is 6.92 Å². The van der Waals surface area contributed by atoms with Crippen LogP contribution in [0.3, 0.4) is 0 Å². The highest BCUT2D eigenvalue weighted by Gasteiger charge is 2.14. The molecule has 0 aliphatic carbocycles. The van der Waals surface area contributed by atoms with Crippen LogP contribution >= 0.6 is 11.3 Å². The summed E-state index contributed by atoms with van der Waals surface area (Å²) in [6.07, 6.45) is 0.774. The molecule has 17 heavy (non-hydrogen) atoms. The number of hydrogen-bond donors (Lipinski definition) is 1. The zero-order chi connectivity index (χ0) is 11.8. The first-order valence-corrected chi connectivity index (χ1v) is 6.14. The Balaban J connectivity index is 1.88. The summed E-state index contributed by atoms with van der Waals surface area (Å²) in [5.41, 5.74) is 7.87. The Hall–Kier alpha value is -1.75. The predicted molar refractivity (Wildman–Crippen MR) is 66.6 cm³/mol. The molecule has 2 heterocycles. The van der Waals surface area contributed by atoms with E-state index in [1.807, 2.05) is 25.1 Å². The average Bonchev–Trinajstić information content (AvgIpc) is 2.85. The van der Waals surface area contributed by atoms with Gasteiger partial charge in [0.05, 0.1) is 5.69 Å². The summed E-state index contributed by atoms with van der Waals surface area (Å²) >= 11 is 1.52. The maximum atomic E-state index is 5.69. The summed E-state index contributed by atoms with van der Waals surface area (Å²) in [6.45, 7) is 2.35. The van der Waals surface area contributed by atoms with Crippen LogP contribution in [0.25, 0.3) is 0 Å². The molecule has 3 rings (SSSR count). The number of hydrogen-bond acceptors (Lipinski definition) is 5. The van der Waals surface area contributed by atoms with Gasteiger partial charge in [0, 0.05) is 11.3 Å². The number of anilines is 1. The molecular formula is C12H12N2O2S. The molecule has 0 fully saturated rings. The first-order valence-electron chi connectivity index (χ1n) is 5.32. The summed E-state index contributed by atoms with van der Waals surface area (Å²) in [4.78, 5) is 5.49. The number of rotatable bonds is 2. The summed E-state index contributed by atoms with van der Waals surface area (Å²) < 4.78 is 10.6. The van der Waals surface area contributed by atoms with Crippen LogP contribution in [0.1, 0.15) is 16.1 Å². The summed E-state index contributed by atoms with van der Waals surface area (Å²) in [7, 11) is 0. The van der Waals surface area contributed by atoms with Gasteiger partial charge in [-0.1, -0.05) is 6.07 Å². The fourth-order valence-electron chi connectivity index (χ4n) is 1.86. The first-order chi connectivity index (χ1) is 8.22. The highest BCUT2D eigenvalue weighted by Crippen LogP contribution is 2.33. The van der Waals surface area contributed by atoms with Crippen LogP contribution in [0.15, 0.2) is 18.2 Å². The minimum absolute atomic E-state index is 0.307. The van der Waals surface area contributed by atoms with Crippen molar-refractivity contribution in [3.63, 3.8) is 0 Å². The van der Waals surface area contributed by atoms with Gasteiger partial charge in [-0.25, -0.2) is 4.98 Å². The smallest absolute Gasteiger partial charge is 0.231 e. The van der Waals surface area contributed by atoms with Crippen LogP contribution in [0.4, 0.5) is 5.13 Å². The number of nitrogens with two attached hydrogens (primary N) is 1. The van der Waals surface area contributed by atoms with Gasteiger partial charge >= 0.3 is 0 Å². The van der Waals surface area contributed by atoms with Crippen molar-refractivity contribution in [2.45, 2.75) is 13.3 Å². The van der Waals surface area contributed by atoms with E-state index in [0.29, 0.717) is 11.9 Å². The normalized spacial score (nSPS) is 13.0. The topological polar surface area (TPSA) is 57.4 Å². The van der Waals surface area contributed by atoms with Crippen LogP contribution in [0.5, 0.6) is 11.5 Å². The highest BCUT2D eigenvalue weighted by atomic mass is 32.1. The third-order valence-corrected chi connectivity index (χ3v) is 3.56. The van der Waals surface area contributed by atoms with Crippen molar-refractivity contribution in [1.29, 1.82) is 0 Å². The van der Waals surface area contributed by atoms with Crippen LogP contribution in [-0.2, 0) is 6.42 Å². The SMILES string of the molecule is Cc1sc(N)nc1Cc1ccc2c(c1)OCO2. The molecule has 0 radical (unpaired) electrons. The molecule has 1 aliphatic heterocycles. The molecule has 4 nitrogen and oxygen atoms in total. The van der Waals surface area contributed by atoms with Gasteiger partial charge in [0.2, 0.25) is 6.79 Å². The number of nitrogen functional groups attached to an aromatic ring is 1. The van der Waals surface area contributed by atoms with Crippen LogP contribution in [-0.4, -0.2) is 11.8 Å². The van der Waals surface area contributed by atoms with Crippen molar-refractivity contribution < 1.29 is 9.47 Å². The number of aryl methyl sites for hydroxylation is 1. The monoisotopic (exact) mass is 248 g/mol. The van der Waals surface area contributed by atoms with Gasteiger partial charge in [-0.15, -0.1) is 11.3 Å². The van der Waals surface area contributed by atoms with Gasteiger partial charge in [-0.2, -0.15) is 0 Å². The van der Waals surface area contributed by atoms with Gasteiger partial charge in [0.25, 0.3) is 0 Å². The van der Waals surface area contributed by atoms with Gasteiger partial charge in [-0.05, 0) is 24.6 Å². The molecule has 0 saturated carbocycles. The highest BCUT2D eigenvalue weighted by molar-refractivity contribution is 7.15. The van der Waals surface area contributed by atoms with E-state index in [4.69, 9.17) is 15.2 Å². The second kappa shape index (κ2) is 3.92. The van der Waals surface area contributed by atoms with Gasteiger partial charge in [-0.3, -0.25) is 0 Å². The lowest BCUT2D eigenvalue weighted by molar-refractivity contribution is 0.174. The Morgan fingerprint density at radius 1 is 1.35 bits per heavy atom. The van der Waals surface area contributed by atoms with Crippen molar-refractivity contribution in [2.75, 3.05) is 12.5 Å². The second-order valence-electron chi connectivity index (χ2n) is 3.92. The maximum Gasteiger partial charge on any atom is 0.231 e. The fraction of sp³-hybridized carbons (Fsp3) is 0.250. The Labute approximate surface area is 103 Å². The molecule has 88 valence electrons. The van der Waals surface area contributed by atoms with Crippen molar-refractivity contribution in [2.24, 2.45) is 0 Å². The predicted octanol–water partition coefficient (Wildman–Crippen LogP) is 2.35. The van der Waals surface area contributed by atoms with E-state index >= 15 is 0 Å². The Morgan fingerprint density at radius 3 is 2.94 bits per heavy atom. The van der Waals surface area contributed by atoms with E-state index in [1.54, 1.807) is 0 Å². The summed E-state index contributed by atoms with van der Waals surface area (Å²) in [5, 5.41) is 0.623. The van der Waals surface area contributed by atoms with E-state index in [0.717, 1.165) is 29.2 Å². The quantitative estimate of drug-likeness (QED) is 0.886. The van der Waals surface area contributed by atoms with E-state index in [1.165, 1.54) is 16.2 Å². The molecule has 2 N–H and O–H groups in total.